The van der Waals surface area contributed by atoms with Crippen LogP contribution in [0.5, 0.6) is 0 Å². The normalized spacial score (nSPS) is 15.3. The summed E-state index contributed by atoms with van der Waals surface area (Å²) in [7, 11) is 0. The van der Waals surface area contributed by atoms with Gasteiger partial charge in [-0.25, -0.2) is 4.98 Å². The Morgan fingerprint density at radius 3 is 2.59 bits per heavy atom. The predicted molar refractivity (Wildman–Crippen MR) is 107 cm³/mol. The van der Waals surface area contributed by atoms with Crippen LogP contribution in [0.1, 0.15) is 23.4 Å². The van der Waals surface area contributed by atoms with E-state index in [1.807, 2.05) is 48.5 Å². The van der Waals surface area contributed by atoms with Crippen molar-refractivity contribution in [2.45, 2.75) is 19.1 Å². The number of benzene rings is 3. The van der Waals surface area contributed by atoms with Crippen LogP contribution in [-0.2, 0) is 12.7 Å². The largest absolute Gasteiger partial charge is 0.416 e. The number of aromatic nitrogens is 2. The molecule has 0 aliphatic carbocycles. The molecule has 0 atom stereocenters. The van der Waals surface area contributed by atoms with Crippen LogP contribution < -0.4 is 5.56 Å². The fraction of sp³-hybridized carbons (Fsp3) is 0.130. The summed E-state index contributed by atoms with van der Waals surface area (Å²) < 4.78 is 40.8. The highest BCUT2D eigenvalue weighted by atomic mass is 19.4. The Morgan fingerprint density at radius 1 is 0.966 bits per heavy atom. The lowest BCUT2D eigenvalue weighted by Crippen LogP contribution is -2.21. The van der Waals surface area contributed by atoms with Crippen molar-refractivity contribution < 1.29 is 13.2 Å². The number of fused-ring (bicyclic) bond motifs is 3. The monoisotopic (exact) mass is 392 g/mol. The summed E-state index contributed by atoms with van der Waals surface area (Å²) >= 11 is 0. The lowest BCUT2D eigenvalue weighted by Gasteiger charge is -2.09. The molecule has 4 aromatic rings. The van der Waals surface area contributed by atoms with E-state index >= 15 is 0 Å². The van der Waals surface area contributed by atoms with Crippen LogP contribution in [0.3, 0.4) is 0 Å². The topological polar surface area (TPSA) is 34.9 Å². The van der Waals surface area contributed by atoms with Crippen molar-refractivity contribution in [2.24, 2.45) is 0 Å². The van der Waals surface area contributed by atoms with Crippen LogP contribution in [0.4, 0.5) is 13.2 Å². The average Bonchev–Trinajstić information content (AvgIpc) is 3.10. The number of alkyl halides is 3. The van der Waals surface area contributed by atoms with E-state index in [2.05, 4.69) is 4.98 Å². The van der Waals surface area contributed by atoms with Crippen molar-refractivity contribution in [3.8, 4) is 0 Å². The lowest BCUT2D eigenvalue weighted by atomic mass is 10.0. The van der Waals surface area contributed by atoms with Gasteiger partial charge in [-0.05, 0) is 52.6 Å². The number of hydrogen-bond acceptors (Lipinski definition) is 2. The van der Waals surface area contributed by atoms with Crippen LogP contribution >= 0.6 is 0 Å². The molecule has 6 heteroatoms. The summed E-state index contributed by atoms with van der Waals surface area (Å²) in [5, 5.41) is 2.37. The molecule has 0 N–H and O–H groups in total. The Balaban J connectivity index is 1.70. The summed E-state index contributed by atoms with van der Waals surface area (Å²) in [4.78, 5) is 17.2. The number of hydrogen-bond donors (Lipinski definition) is 0. The first-order valence-corrected chi connectivity index (χ1v) is 9.22. The average molecular weight is 392 g/mol. The van der Waals surface area contributed by atoms with Gasteiger partial charge >= 0.3 is 6.18 Å². The zero-order valence-corrected chi connectivity index (χ0v) is 15.2. The molecule has 0 bridgehead atoms. The molecule has 0 fully saturated rings. The molecule has 0 amide bonds. The Labute approximate surface area is 163 Å². The highest BCUT2D eigenvalue weighted by Crippen LogP contribution is 2.33. The molecule has 0 saturated carbocycles. The van der Waals surface area contributed by atoms with Gasteiger partial charge in [0.05, 0.1) is 16.5 Å². The van der Waals surface area contributed by atoms with Gasteiger partial charge in [0.2, 0.25) is 0 Å². The minimum absolute atomic E-state index is 0.0711. The van der Waals surface area contributed by atoms with Gasteiger partial charge in [0.25, 0.3) is 5.56 Å². The third kappa shape index (κ3) is 2.92. The van der Waals surface area contributed by atoms with Crippen molar-refractivity contribution in [3.63, 3.8) is 0 Å². The summed E-state index contributed by atoms with van der Waals surface area (Å²) in [5.41, 5.74) is 0.795. The standard InChI is InChI=1S/C23H15F3N2O/c24-23(25,26)17-8-9-19-20(13-17)27-21-16(10-11-28(21)22(19)29)12-15-6-3-5-14-4-1-2-7-18(14)15/h1-9,12-13H,10-11H2/b16-12+. The molecule has 144 valence electrons. The number of allylic oxidation sites excluding steroid dienone is 1. The fourth-order valence-corrected chi connectivity index (χ4v) is 3.89. The van der Waals surface area contributed by atoms with E-state index in [9.17, 15) is 18.0 Å². The van der Waals surface area contributed by atoms with E-state index in [1.165, 1.54) is 6.07 Å². The fourth-order valence-electron chi connectivity index (χ4n) is 3.89. The van der Waals surface area contributed by atoms with E-state index < -0.39 is 11.7 Å². The first kappa shape index (κ1) is 17.7. The van der Waals surface area contributed by atoms with Gasteiger partial charge < -0.3 is 0 Å². The molecule has 3 nitrogen and oxygen atoms in total. The van der Waals surface area contributed by atoms with Crippen molar-refractivity contribution >= 4 is 33.3 Å². The summed E-state index contributed by atoms with van der Waals surface area (Å²) in [6.07, 6.45) is -1.90. The molecule has 3 aromatic carbocycles. The van der Waals surface area contributed by atoms with Gasteiger partial charge in [-0.3, -0.25) is 9.36 Å². The smallest absolute Gasteiger partial charge is 0.292 e. The van der Waals surface area contributed by atoms with Gasteiger partial charge in [0, 0.05) is 6.54 Å². The molecule has 29 heavy (non-hydrogen) atoms. The van der Waals surface area contributed by atoms with Gasteiger partial charge in [0.1, 0.15) is 5.82 Å². The first-order valence-electron chi connectivity index (χ1n) is 9.22. The summed E-state index contributed by atoms with van der Waals surface area (Å²) in [5.74, 6) is 0.440. The van der Waals surface area contributed by atoms with E-state index in [4.69, 9.17) is 0 Å². The third-order valence-corrected chi connectivity index (χ3v) is 5.33. The van der Waals surface area contributed by atoms with Crippen molar-refractivity contribution in [1.29, 1.82) is 0 Å². The maximum absolute atomic E-state index is 13.1. The van der Waals surface area contributed by atoms with Gasteiger partial charge in [0.15, 0.2) is 0 Å². The molecule has 0 spiro atoms. The van der Waals surface area contributed by atoms with Gasteiger partial charge in [-0.1, -0.05) is 42.5 Å². The molecule has 2 heterocycles. The quantitative estimate of drug-likeness (QED) is 0.428. The lowest BCUT2D eigenvalue weighted by molar-refractivity contribution is -0.137. The second-order valence-electron chi connectivity index (χ2n) is 7.11. The molecule has 1 aliphatic heterocycles. The molecular weight excluding hydrogens is 377 g/mol. The molecule has 0 radical (unpaired) electrons. The maximum Gasteiger partial charge on any atom is 0.416 e. The van der Waals surface area contributed by atoms with E-state index in [-0.39, 0.29) is 16.5 Å². The Bertz CT molecular complexity index is 1360. The van der Waals surface area contributed by atoms with Crippen molar-refractivity contribution in [3.05, 3.63) is 88.0 Å². The molecule has 0 saturated heterocycles. The molecule has 1 aliphatic rings. The highest BCUT2D eigenvalue weighted by Gasteiger charge is 2.31. The van der Waals surface area contributed by atoms with E-state index in [0.29, 0.717) is 18.8 Å². The summed E-state index contributed by atoms with van der Waals surface area (Å²) in [6, 6.07) is 17.0. The van der Waals surface area contributed by atoms with Crippen LogP contribution in [-0.4, -0.2) is 9.55 Å². The van der Waals surface area contributed by atoms with Gasteiger partial charge in [-0.15, -0.1) is 0 Å². The second kappa shape index (κ2) is 6.30. The minimum atomic E-state index is -4.48. The minimum Gasteiger partial charge on any atom is -0.292 e. The third-order valence-electron chi connectivity index (χ3n) is 5.33. The van der Waals surface area contributed by atoms with Crippen LogP contribution in [0, 0.1) is 0 Å². The number of rotatable bonds is 1. The Morgan fingerprint density at radius 2 is 1.76 bits per heavy atom. The Kier molecular flexibility index (Phi) is 3.84. The SMILES string of the molecule is O=c1c2ccc(C(F)(F)F)cc2nc2n1CC/C2=C\c1cccc2ccccc12. The predicted octanol–water partition coefficient (Wildman–Crippen LogP) is 5.51. The van der Waals surface area contributed by atoms with Gasteiger partial charge in [-0.2, -0.15) is 13.2 Å². The first-order chi connectivity index (χ1) is 13.9. The van der Waals surface area contributed by atoms with Crippen LogP contribution in [0.25, 0.3) is 33.3 Å². The zero-order chi connectivity index (χ0) is 20.2. The zero-order valence-electron chi connectivity index (χ0n) is 15.2. The highest BCUT2D eigenvalue weighted by molar-refractivity contribution is 5.95. The van der Waals surface area contributed by atoms with Crippen molar-refractivity contribution in [2.75, 3.05) is 0 Å². The molecule has 1 aromatic heterocycles. The molecular formula is C23H15F3N2O. The number of halogens is 3. The summed E-state index contributed by atoms with van der Waals surface area (Å²) in [6.45, 7) is 0.467. The van der Waals surface area contributed by atoms with Crippen LogP contribution in [0.15, 0.2) is 65.5 Å². The molecule has 5 rings (SSSR count). The second-order valence-corrected chi connectivity index (χ2v) is 7.11. The maximum atomic E-state index is 13.1. The van der Waals surface area contributed by atoms with E-state index in [0.717, 1.165) is 34.0 Å². The van der Waals surface area contributed by atoms with Crippen LogP contribution in [0.2, 0.25) is 0 Å². The Hall–Kier alpha value is -3.41. The molecule has 0 unspecified atom stereocenters. The number of nitrogens with zero attached hydrogens (tertiary/aromatic N) is 2. The van der Waals surface area contributed by atoms with Crippen molar-refractivity contribution in [1.82, 2.24) is 9.55 Å². The van der Waals surface area contributed by atoms with E-state index in [1.54, 1.807) is 4.57 Å².